The Morgan fingerprint density at radius 3 is 2.05 bits per heavy atom. The van der Waals surface area contributed by atoms with Crippen LogP contribution in [0.2, 0.25) is 0 Å². The van der Waals surface area contributed by atoms with Crippen LogP contribution in [0.25, 0.3) is 0 Å². The molecule has 19 heavy (non-hydrogen) atoms. The molecular formula is C14H28O5. The van der Waals surface area contributed by atoms with Crippen LogP contribution in [-0.2, 0) is 23.7 Å². The van der Waals surface area contributed by atoms with Gasteiger partial charge in [-0.2, -0.15) is 0 Å². The van der Waals surface area contributed by atoms with Gasteiger partial charge in [-0.05, 0) is 33.6 Å². The first-order chi connectivity index (χ1) is 9.26. The second-order valence-electron chi connectivity index (χ2n) is 4.47. The minimum Gasteiger partial charge on any atom is -0.379 e. The highest BCUT2D eigenvalue weighted by molar-refractivity contribution is 4.67. The lowest BCUT2D eigenvalue weighted by Crippen LogP contribution is -2.39. The van der Waals surface area contributed by atoms with Crippen molar-refractivity contribution < 1.29 is 23.7 Å². The molecule has 5 nitrogen and oxygen atoms in total. The fourth-order valence-corrected chi connectivity index (χ4v) is 1.93. The third-order valence-electron chi connectivity index (χ3n) is 2.82. The standard InChI is InChI=1S/C14H28O5/c1-4-17-14(18-5-2,19-6-3)9-7-8-10-15-11-13-12-16-13/h13H,4-12H2,1-3H3. The maximum atomic E-state index is 5.66. The van der Waals surface area contributed by atoms with Crippen LogP contribution in [0.5, 0.6) is 0 Å². The zero-order valence-electron chi connectivity index (χ0n) is 12.5. The summed E-state index contributed by atoms with van der Waals surface area (Å²) in [4.78, 5) is 0. The van der Waals surface area contributed by atoms with E-state index in [9.17, 15) is 0 Å². The molecule has 0 aliphatic carbocycles. The lowest BCUT2D eigenvalue weighted by atomic mass is 10.2. The molecule has 1 rings (SSSR count). The van der Waals surface area contributed by atoms with Crippen molar-refractivity contribution in [3.05, 3.63) is 0 Å². The molecule has 0 radical (unpaired) electrons. The molecule has 1 atom stereocenters. The van der Waals surface area contributed by atoms with Crippen molar-refractivity contribution in [3.63, 3.8) is 0 Å². The summed E-state index contributed by atoms with van der Waals surface area (Å²) in [5.74, 6) is -0.877. The van der Waals surface area contributed by atoms with E-state index < -0.39 is 5.97 Å². The van der Waals surface area contributed by atoms with Gasteiger partial charge in [0.15, 0.2) is 0 Å². The van der Waals surface area contributed by atoms with Crippen molar-refractivity contribution in [3.8, 4) is 0 Å². The highest BCUT2D eigenvalue weighted by Gasteiger charge is 2.31. The van der Waals surface area contributed by atoms with Gasteiger partial charge in [0.1, 0.15) is 6.10 Å². The molecule has 1 fully saturated rings. The van der Waals surface area contributed by atoms with Gasteiger partial charge in [0.25, 0.3) is 5.97 Å². The van der Waals surface area contributed by atoms with Crippen LogP contribution in [0.3, 0.4) is 0 Å². The number of hydrogen-bond acceptors (Lipinski definition) is 5. The van der Waals surface area contributed by atoms with Gasteiger partial charge in [-0.15, -0.1) is 0 Å². The van der Waals surface area contributed by atoms with Gasteiger partial charge in [0.2, 0.25) is 0 Å². The third kappa shape index (κ3) is 7.22. The van der Waals surface area contributed by atoms with Crippen LogP contribution in [0, 0.1) is 0 Å². The van der Waals surface area contributed by atoms with Gasteiger partial charge in [0, 0.05) is 32.8 Å². The van der Waals surface area contributed by atoms with Crippen molar-refractivity contribution >= 4 is 0 Å². The van der Waals surface area contributed by atoms with E-state index in [1.165, 1.54) is 0 Å². The molecule has 0 bridgehead atoms. The molecule has 114 valence electrons. The molecule has 1 heterocycles. The lowest BCUT2D eigenvalue weighted by molar-refractivity contribution is -0.380. The Hall–Kier alpha value is -0.200. The van der Waals surface area contributed by atoms with E-state index in [2.05, 4.69) is 0 Å². The first-order valence-corrected chi connectivity index (χ1v) is 7.37. The average molecular weight is 276 g/mol. The minimum absolute atomic E-state index is 0.342. The predicted molar refractivity (Wildman–Crippen MR) is 72.0 cm³/mol. The Kier molecular flexibility index (Phi) is 8.57. The summed E-state index contributed by atoms with van der Waals surface area (Å²) in [5.41, 5.74) is 0. The molecular weight excluding hydrogens is 248 g/mol. The molecule has 0 aromatic heterocycles. The van der Waals surface area contributed by atoms with Crippen LogP contribution in [0.1, 0.15) is 40.0 Å². The summed E-state index contributed by atoms with van der Waals surface area (Å²) in [6.45, 7) is 9.90. The molecule has 5 heteroatoms. The Morgan fingerprint density at radius 2 is 1.58 bits per heavy atom. The van der Waals surface area contributed by atoms with E-state index in [0.29, 0.717) is 32.5 Å². The van der Waals surface area contributed by atoms with E-state index in [-0.39, 0.29) is 0 Å². The van der Waals surface area contributed by atoms with E-state index in [4.69, 9.17) is 23.7 Å². The fourth-order valence-electron chi connectivity index (χ4n) is 1.93. The second kappa shape index (κ2) is 9.66. The summed E-state index contributed by atoms with van der Waals surface area (Å²) < 4.78 is 27.6. The molecule has 0 spiro atoms. The molecule has 1 unspecified atom stereocenters. The summed E-state index contributed by atoms with van der Waals surface area (Å²) in [7, 11) is 0. The molecule has 0 aromatic rings. The Bertz CT molecular complexity index is 201. The van der Waals surface area contributed by atoms with E-state index in [0.717, 1.165) is 32.5 Å². The van der Waals surface area contributed by atoms with Crippen LogP contribution < -0.4 is 0 Å². The van der Waals surface area contributed by atoms with E-state index >= 15 is 0 Å². The van der Waals surface area contributed by atoms with Gasteiger partial charge in [0.05, 0.1) is 13.2 Å². The smallest absolute Gasteiger partial charge is 0.282 e. The van der Waals surface area contributed by atoms with Gasteiger partial charge in [-0.3, -0.25) is 0 Å². The summed E-state index contributed by atoms with van der Waals surface area (Å²) in [6, 6.07) is 0. The van der Waals surface area contributed by atoms with Crippen molar-refractivity contribution in [1.29, 1.82) is 0 Å². The zero-order chi connectivity index (χ0) is 14.0. The molecule has 0 N–H and O–H groups in total. The Morgan fingerprint density at radius 1 is 1.00 bits per heavy atom. The van der Waals surface area contributed by atoms with Crippen LogP contribution in [0.4, 0.5) is 0 Å². The number of ether oxygens (including phenoxy) is 5. The maximum Gasteiger partial charge on any atom is 0.282 e. The second-order valence-corrected chi connectivity index (χ2v) is 4.47. The Balaban J connectivity index is 2.17. The number of rotatable bonds is 13. The summed E-state index contributed by atoms with van der Waals surface area (Å²) >= 11 is 0. The quantitative estimate of drug-likeness (QED) is 0.293. The largest absolute Gasteiger partial charge is 0.379 e. The normalized spacial score (nSPS) is 18.8. The van der Waals surface area contributed by atoms with E-state index in [1.807, 2.05) is 20.8 Å². The summed E-state index contributed by atoms with van der Waals surface area (Å²) in [6.07, 6.45) is 2.99. The van der Waals surface area contributed by atoms with Crippen LogP contribution in [-0.4, -0.2) is 51.7 Å². The molecule has 0 aromatic carbocycles. The number of hydrogen-bond donors (Lipinski definition) is 0. The van der Waals surface area contributed by atoms with Crippen molar-refractivity contribution in [1.82, 2.24) is 0 Å². The average Bonchev–Trinajstić information content (AvgIpc) is 3.19. The van der Waals surface area contributed by atoms with Crippen LogP contribution in [0.15, 0.2) is 0 Å². The fraction of sp³-hybridized carbons (Fsp3) is 1.00. The topological polar surface area (TPSA) is 49.5 Å². The molecule has 1 aliphatic heterocycles. The molecule has 1 saturated heterocycles. The zero-order valence-corrected chi connectivity index (χ0v) is 12.5. The predicted octanol–water partition coefficient (Wildman–Crippen LogP) is 2.34. The van der Waals surface area contributed by atoms with Gasteiger partial charge in [-0.25, -0.2) is 0 Å². The van der Waals surface area contributed by atoms with E-state index in [1.54, 1.807) is 0 Å². The first kappa shape index (κ1) is 16.9. The highest BCUT2D eigenvalue weighted by atomic mass is 16.9. The molecule has 0 amide bonds. The SMILES string of the molecule is CCOC(CCCCOCC1CO1)(OCC)OCC. The van der Waals surface area contributed by atoms with Crippen molar-refractivity contribution in [2.45, 2.75) is 52.1 Å². The third-order valence-corrected chi connectivity index (χ3v) is 2.82. The van der Waals surface area contributed by atoms with Crippen molar-refractivity contribution in [2.75, 3.05) is 39.6 Å². The van der Waals surface area contributed by atoms with Gasteiger partial charge >= 0.3 is 0 Å². The highest BCUT2D eigenvalue weighted by Crippen LogP contribution is 2.23. The first-order valence-electron chi connectivity index (χ1n) is 7.37. The minimum atomic E-state index is -0.877. The molecule has 1 aliphatic rings. The maximum absolute atomic E-state index is 5.66. The van der Waals surface area contributed by atoms with Gasteiger partial charge < -0.3 is 23.7 Å². The van der Waals surface area contributed by atoms with Crippen LogP contribution >= 0.6 is 0 Å². The summed E-state index contributed by atoms with van der Waals surface area (Å²) in [5, 5.41) is 0. The Labute approximate surface area is 116 Å². The van der Waals surface area contributed by atoms with Gasteiger partial charge in [-0.1, -0.05) is 0 Å². The molecule has 0 saturated carbocycles. The van der Waals surface area contributed by atoms with Crippen molar-refractivity contribution in [2.24, 2.45) is 0 Å². The lowest BCUT2D eigenvalue weighted by Gasteiger charge is -2.32. The monoisotopic (exact) mass is 276 g/mol. The number of unbranched alkanes of at least 4 members (excludes halogenated alkanes) is 1. The number of epoxide rings is 1.